The van der Waals surface area contributed by atoms with Crippen LogP contribution in [-0.2, 0) is 0 Å². The van der Waals surface area contributed by atoms with Crippen LogP contribution in [-0.4, -0.2) is 34.7 Å². The molecule has 2 amide bonds. The first-order valence-corrected chi connectivity index (χ1v) is 13.3. The second-order valence-electron chi connectivity index (χ2n) is 9.70. The Bertz CT molecular complexity index is 1680. The number of nitrogens with zero attached hydrogens (tertiary/aromatic N) is 2. The summed E-state index contributed by atoms with van der Waals surface area (Å²) in [5.41, 5.74) is 2.81. The first-order valence-electron chi connectivity index (χ1n) is 13.3. The highest BCUT2D eigenvalue weighted by Gasteiger charge is 2.34. The summed E-state index contributed by atoms with van der Waals surface area (Å²) < 4.78 is 29.4. The third-order valence-electron chi connectivity index (χ3n) is 7.18. The number of anilines is 2. The molecule has 0 radical (unpaired) electrons. The van der Waals surface area contributed by atoms with Gasteiger partial charge in [0.25, 0.3) is 11.8 Å². The zero-order valence-corrected chi connectivity index (χ0v) is 22.3. The summed E-state index contributed by atoms with van der Waals surface area (Å²) >= 11 is 0. The number of amides is 2. The molecule has 206 valence electrons. The molecule has 4 aromatic rings. The van der Waals surface area contributed by atoms with Crippen molar-refractivity contribution in [2.75, 3.05) is 23.7 Å². The van der Waals surface area contributed by atoms with Crippen molar-refractivity contribution in [1.82, 2.24) is 9.80 Å². The van der Waals surface area contributed by atoms with Gasteiger partial charge in [0.15, 0.2) is 0 Å². The number of carbonyl (C=O) groups excluding carboxylic acids is 2. The van der Waals surface area contributed by atoms with Gasteiger partial charge in [-0.25, -0.2) is 8.78 Å². The van der Waals surface area contributed by atoms with Crippen LogP contribution in [0.15, 0.2) is 97.1 Å². The zero-order chi connectivity index (χ0) is 29.1. The molecule has 0 aliphatic carbocycles. The topological polar surface area (TPSA) is 64.7 Å². The molecule has 2 atom stereocenters. The van der Waals surface area contributed by atoms with E-state index < -0.39 is 24.0 Å². The first kappa shape index (κ1) is 26.6. The summed E-state index contributed by atoms with van der Waals surface area (Å²) in [6, 6.07) is 26.7. The summed E-state index contributed by atoms with van der Waals surface area (Å²) in [5.74, 6) is 9.83. The molecular formula is C34H24F2N4O2. The average Bonchev–Trinajstić information content (AvgIpc) is 3.01. The Morgan fingerprint density at radius 3 is 1.38 bits per heavy atom. The van der Waals surface area contributed by atoms with E-state index in [1.54, 1.807) is 84.9 Å². The van der Waals surface area contributed by atoms with Crippen LogP contribution in [0.2, 0.25) is 0 Å². The van der Waals surface area contributed by atoms with Crippen LogP contribution in [0.3, 0.4) is 0 Å². The van der Waals surface area contributed by atoms with Gasteiger partial charge in [-0.1, -0.05) is 72.5 Å². The van der Waals surface area contributed by atoms with Gasteiger partial charge in [-0.2, -0.15) is 0 Å². The smallest absolute Gasteiger partial charge is 0.258 e. The Balaban J connectivity index is 1.23. The molecule has 0 saturated heterocycles. The number of para-hydroxylation sites is 2. The van der Waals surface area contributed by atoms with Crippen LogP contribution < -0.4 is 10.6 Å². The van der Waals surface area contributed by atoms with E-state index in [1.165, 1.54) is 21.9 Å². The Kier molecular flexibility index (Phi) is 7.28. The van der Waals surface area contributed by atoms with Gasteiger partial charge in [-0.05, 0) is 48.2 Å². The van der Waals surface area contributed by atoms with Crippen molar-refractivity contribution in [1.29, 1.82) is 0 Å². The molecule has 4 aromatic carbocycles. The summed E-state index contributed by atoms with van der Waals surface area (Å²) in [7, 11) is 0. The molecule has 0 spiro atoms. The highest BCUT2D eigenvalue weighted by Crippen LogP contribution is 2.35. The largest absolute Gasteiger partial charge is 0.361 e. The molecule has 2 aliphatic rings. The molecule has 6 rings (SSSR count). The first-order chi connectivity index (χ1) is 20.5. The van der Waals surface area contributed by atoms with E-state index in [9.17, 15) is 18.4 Å². The average molecular weight is 559 g/mol. The lowest BCUT2D eigenvalue weighted by molar-refractivity contribution is 0.0701. The van der Waals surface area contributed by atoms with Crippen LogP contribution in [0.4, 0.5) is 20.2 Å². The molecule has 2 N–H and O–H groups in total. The predicted octanol–water partition coefficient (Wildman–Crippen LogP) is 5.80. The van der Waals surface area contributed by atoms with Crippen molar-refractivity contribution in [2.45, 2.75) is 12.3 Å². The van der Waals surface area contributed by atoms with Crippen LogP contribution >= 0.6 is 0 Å². The highest BCUT2D eigenvalue weighted by molar-refractivity contribution is 6.02. The molecule has 2 unspecified atom stereocenters. The van der Waals surface area contributed by atoms with E-state index in [2.05, 4.69) is 34.3 Å². The van der Waals surface area contributed by atoms with E-state index in [-0.39, 0.29) is 24.9 Å². The number of hydrogen-bond acceptors (Lipinski definition) is 4. The summed E-state index contributed by atoms with van der Waals surface area (Å²) in [6.07, 6.45) is -1.51. The normalized spacial score (nSPS) is 17.0. The van der Waals surface area contributed by atoms with Gasteiger partial charge in [-0.15, -0.1) is 0 Å². The van der Waals surface area contributed by atoms with Crippen molar-refractivity contribution >= 4 is 23.2 Å². The predicted molar refractivity (Wildman–Crippen MR) is 156 cm³/mol. The van der Waals surface area contributed by atoms with Gasteiger partial charge in [0, 0.05) is 22.5 Å². The molecule has 0 saturated carbocycles. The summed E-state index contributed by atoms with van der Waals surface area (Å²) in [5, 5.41) is 6.49. The van der Waals surface area contributed by atoms with Gasteiger partial charge < -0.3 is 20.4 Å². The number of rotatable bonds is 4. The van der Waals surface area contributed by atoms with Crippen molar-refractivity contribution in [2.24, 2.45) is 0 Å². The highest BCUT2D eigenvalue weighted by atomic mass is 19.1. The van der Waals surface area contributed by atoms with E-state index in [4.69, 9.17) is 0 Å². The Morgan fingerprint density at radius 1 is 0.571 bits per heavy atom. The van der Waals surface area contributed by atoms with Crippen molar-refractivity contribution in [3.8, 4) is 23.7 Å². The molecule has 2 aliphatic heterocycles. The standard InChI is InChI=1S/C34H24F2N4O2/c35-27-17-7-3-13-23(27)31-37-29-19-9-5-15-25(29)33(41)39(31)21-11-1-2-12-22-40-32(24-14-4-8-18-28(24)36)38-30-20-10-6-16-26(30)34(40)42/h3-10,13-20,31-32,37-38H,21-22H2. The minimum absolute atomic E-state index is 0.0106. The van der Waals surface area contributed by atoms with E-state index in [0.29, 0.717) is 33.6 Å². The van der Waals surface area contributed by atoms with Crippen LogP contribution in [0.25, 0.3) is 0 Å². The van der Waals surface area contributed by atoms with E-state index in [0.717, 1.165) is 0 Å². The van der Waals surface area contributed by atoms with Gasteiger partial charge in [0.1, 0.15) is 24.0 Å². The number of benzene rings is 4. The third kappa shape index (κ3) is 5.02. The van der Waals surface area contributed by atoms with Gasteiger partial charge in [0.2, 0.25) is 0 Å². The quantitative estimate of drug-likeness (QED) is 0.311. The molecule has 2 heterocycles. The Morgan fingerprint density at radius 2 is 0.952 bits per heavy atom. The van der Waals surface area contributed by atoms with Gasteiger partial charge >= 0.3 is 0 Å². The van der Waals surface area contributed by atoms with Crippen molar-refractivity contribution < 1.29 is 18.4 Å². The minimum atomic E-state index is -0.755. The number of fused-ring (bicyclic) bond motifs is 2. The fraction of sp³-hybridized carbons (Fsp3) is 0.118. The maximum absolute atomic E-state index is 14.7. The molecule has 6 nitrogen and oxygen atoms in total. The molecule has 0 fully saturated rings. The van der Waals surface area contributed by atoms with Crippen LogP contribution in [0, 0.1) is 35.3 Å². The molecular weight excluding hydrogens is 534 g/mol. The fourth-order valence-electron chi connectivity index (χ4n) is 5.13. The Labute approximate surface area is 242 Å². The van der Waals surface area contributed by atoms with Crippen molar-refractivity contribution in [3.05, 3.63) is 131 Å². The lowest BCUT2D eigenvalue weighted by Gasteiger charge is -2.37. The monoisotopic (exact) mass is 558 g/mol. The van der Waals surface area contributed by atoms with Crippen molar-refractivity contribution in [3.63, 3.8) is 0 Å². The molecule has 0 aromatic heterocycles. The molecule has 8 heteroatoms. The summed E-state index contributed by atoms with van der Waals surface area (Å²) in [6.45, 7) is -0.0213. The van der Waals surface area contributed by atoms with Gasteiger partial charge in [-0.3, -0.25) is 9.59 Å². The maximum Gasteiger partial charge on any atom is 0.258 e. The molecule has 0 bridgehead atoms. The number of hydrogen-bond donors (Lipinski definition) is 2. The lowest BCUT2D eigenvalue weighted by Crippen LogP contribution is -2.43. The number of carbonyl (C=O) groups is 2. The second kappa shape index (κ2) is 11.5. The fourth-order valence-corrected chi connectivity index (χ4v) is 5.13. The Hall–Kier alpha value is -5.60. The number of halogens is 2. The lowest BCUT2D eigenvalue weighted by atomic mass is 10.0. The van der Waals surface area contributed by atoms with Crippen LogP contribution in [0.5, 0.6) is 0 Å². The SMILES string of the molecule is O=C1c2ccccc2NC(c2ccccc2F)N1CC#CC#CCN1C(=O)c2ccccc2NC1c1ccccc1F. The van der Waals surface area contributed by atoms with Crippen LogP contribution in [0.1, 0.15) is 44.2 Å². The maximum atomic E-state index is 14.7. The van der Waals surface area contributed by atoms with E-state index in [1.807, 2.05) is 0 Å². The van der Waals surface area contributed by atoms with Gasteiger partial charge in [0.05, 0.1) is 24.2 Å². The number of nitrogens with one attached hydrogen (secondary N) is 2. The second-order valence-corrected chi connectivity index (χ2v) is 9.70. The van der Waals surface area contributed by atoms with E-state index >= 15 is 0 Å². The summed E-state index contributed by atoms with van der Waals surface area (Å²) in [4.78, 5) is 29.6. The zero-order valence-electron chi connectivity index (χ0n) is 22.3. The molecule has 42 heavy (non-hydrogen) atoms. The third-order valence-corrected chi connectivity index (χ3v) is 7.18. The minimum Gasteiger partial charge on any atom is -0.361 e.